The van der Waals surface area contributed by atoms with Crippen molar-refractivity contribution in [2.45, 2.75) is 26.3 Å². The Morgan fingerprint density at radius 1 is 1.45 bits per heavy atom. The van der Waals surface area contributed by atoms with Crippen LogP contribution in [-0.4, -0.2) is 29.1 Å². The van der Waals surface area contributed by atoms with E-state index in [2.05, 4.69) is 10.3 Å². The molecule has 1 aromatic rings. The van der Waals surface area contributed by atoms with Crippen molar-refractivity contribution in [3.8, 4) is 0 Å². The summed E-state index contributed by atoms with van der Waals surface area (Å²) in [6.07, 6.45) is 2.21. The third-order valence-corrected chi connectivity index (χ3v) is 2.85. The van der Waals surface area contributed by atoms with E-state index in [1.807, 2.05) is 5.43 Å². The Hall–Kier alpha value is -2.28. The summed E-state index contributed by atoms with van der Waals surface area (Å²) in [4.78, 5) is 38.4. The zero-order valence-corrected chi connectivity index (χ0v) is 11.4. The number of pyridine rings is 1. The van der Waals surface area contributed by atoms with Crippen LogP contribution in [0.15, 0.2) is 24.4 Å². The first kappa shape index (κ1) is 15.8. The minimum Gasteiger partial charge on any atom is -0.341 e. The molecule has 108 valence electrons. The summed E-state index contributed by atoms with van der Waals surface area (Å²) in [7, 11) is 0. The van der Waals surface area contributed by atoms with E-state index < -0.39 is 23.3 Å². The number of carbonyl (C=O) groups excluding carboxylic acids is 3. The third-order valence-electron chi connectivity index (χ3n) is 2.85. The lowest BCUT2D eigenvalue weighted by atomic mass is 9.85. The van der Waals surface area contributed by atoms with Crippen LogP contribution in [0.3, 0.4) is 0 Å². The highest BCUT2D eigenvalue weighted by molar-refractivity contribution is 5.94. The zero-order valence-electron chi connectivity index (χ0n) is 11.4. The summed E-state index contributed by atoms with van der Waals surface area (Å²) in [5.41, 5.74) is 1.37. The number of rotatable bonds is 6. The number of hydrazine groups is 1. The molecule has 7 heteroatoms. The Bertz CT molecular complexity index is 488. The molecule has 0 aromatic carbocycles. The zero-order chi connectivity index (χ0) is 15.2. The number of aldehydes is 1. The third kappa shape index (κ3) is 4.13. The van der Waals surface area contributed by atoms with Gasteiger partial charge in [0.15, 0.2) is 0 Å². The van der Waals surface area contributed by atoms with Crippen LogP contribution in [-0.2, 0) is 9.59 Å². The van der Waals surface area contributed by atoms with Gasteiger partial charge in [-0.05, 0) is 18.6 Å². The summed E-state index contributed by atoms with van der Waals surface area (Å²) in [5.74, 6) is 4.21. The fourth-order valence-electron chi connectivity index (χ4n) is 1.71. The van der Waals surface area contributed by atoms with E-state index >= 15 is 0 Å². The summed E-state index contributed by atoms with van der Waals surface area (Å²) in [5, 5.41) is 2.53. The molecule has 0 aliphatic heterocycles. The van der Waals surface area contributed by atoms with Crippen molar-refractivity contribution in [1.29, 1.82) is 0 Å². The molecule has 0 unspecified atom stereocenters. The molecule has 4 N–H and O–H groups in total. The predicted octanol–water partition coefficient (Wildman–Crippen LogP) is -0.215. The summed E-state index contributed by atoms with van der Waals surface area (Å²) in [6.45, 7) is 3.28. The highest BCUT2D eigenvalue weighted by atomic mass is 16.2. The molecule has 0 saturated heterocycles. The lowest BCUT2D eigenvalue weighted by Crippen LogP contribution is -2.46. The van der Waals surface area contributed by atoms with E-state index in [0.29, 0.717) is 6.29 Å². The lowest BCUT2D eigenvalue weighted by Gasteiger charge is -2.25. The van der Waals surface area contributed by atoms with Gasteiger partial charge in [0.1, 0.15) is 12.0 Å². The predicted molar refractivity (Wildman–Crippen MR) is 72.3 cm³/mol. The Balaban J connectivity index is 2.71. The van der Waals surface area contributed by atoms with Crippen molar-refractivity contribution in [1.82, 2.24) is 15.7 Å². The summed E-state index contributed by atoms with van der Waals surface area (Å²) < 4.78 is 0. The second kappa shape index (κ2) is 6.76. The molecule has 0 bridgehead atoms. The number of hydrogen-bond acceptors (Lipinski definition) is 5. The highest BCUT2D eigenvalue weighted by Gasteiger charge is 2.31. The first-order valence-corrected chi connectivity index (χ1v) is 6.09. The topological polar surface area (TPSA) is 114 Å². The highest BCUT2D eigenvalue weighted by Crippen LogP contribution is 2.21. The van der Waals surface area contributed by atoms with Gasteiger partial charge in [0, 0.05) is 11.6 Å². The monoisotopic (exact) mass is 278 g/mol. The van der Waals surface area contributed by atoms with Crippen LogP contribution in [0.5, 0.6) is 0 Å². The van der Waals surface area contributed by atoms with Crippen LogP contribution in [0.1, 0.15) is 30.8 Å². The first-order chi connectivity index (χ1) is 9.40. The van der Waals surface area contributed by atoms with Gasteiger partial charge in [0.05, 0.1) is 6.04 Å². The molecule has 7 nitrogen and oxygen atoms in total. The maximum absolute atomic E-state index is 11.9. The Morgan fingerprint density at radius 2 is 2.15 bits per heavy atom. The fourth-order valence-corrected chi connectivity index (χ4v) is 1.71. The average molecular weight is 278 g/mol. The van der Waals surface area contributed by atoms with Crippen LogP contribution < -0.4 is 16.6 Å². The molecular formula is C13H18N4O3. The van der Waals surface area contributed by atoms with Crippen LogP contribution >= 0.6 is 0 Å². The fraction of sp³-hybridized carbons (Fsp3) is 0.385. The van der Waals surface area contributed by atoms with Gasteiger partial charge >= 0.3 is 0 Å². The number of aromatic nitrogens is 1. The van der Waals surface area contributed by atoms with Crippen LogP contribution in [0.4, 0.5) is 0 Å². The molecule has 20 heavy (non-hydrogen) atoms. The van der Waals surface area contributed by atoms with Gasteiger partial charge in [-0.25, -0.2) is 5.84 Å². The van der Waals surface area contributed by atoms with Gasteiger partial charge in [-0.3, -0.25) is 20.0 Å². The van der Waals surface area contributed by atoms with Gasteiger partial charge in [-0.2, -0.15) is 0 Å². The van der Waals surface area contributed by atoms with E-state index in [-0.39, 0.29) is 12.1 Å². The van der Waals surface area contributed by atoms with Crippen LogP contribution in [0.25, 0.3) is 0 Å². The van der Waals surface area contributed by atoms with E-state index in [4.69, 9.17) is 5.84 Å². The lowest BCUT2D eigenvalue weighted by molar-refractivity contribution is -0.130. The molecule has 0 aliphatic rings. The molecule has 0 radical (unpaired) electrons. The summed E-state index contributed by atoms with van der Waals surface area (Å²) in [6, 6.07) is 4.10. The Kier molecular flexibility index (Phi) is 5.33. The minimum atomic E-state index is -0.877. The average Bonchev–Trinajstić information content (AvgIpc) is 2.46. The molecule has 2 amide bonds. The Labute approximate surface area is 116 Å². The van der Waals surface area contributed by atoms with E-state index in [0.717, 1.165) is 0 Å². The standard InChI is InChI=1S/C13H18N4O3/c1-13(2,12(20)17-14)7-9(8-18)16-11(19)10-5-3-4-6-15-10/h3-6,8-9H,7,14H2,1-2H3,(H,16,19)(H,17,20)/t9-/m0/s1. The van der Waals surface area contributed by atoms with Crippen LogP contribution in [0.2, 0.25) is 0 Å². The van der Waals surface area contributed by atoms with E-state index in [1.165, 1.54) is 12.3 Å². The van der Waals surface area contributed by atoms with E-state index in [1.54, 1.807) is 26.0 Å². The molecule has 1 rings (SSSR count). The maximum atomic E-state index is 11.9. The number of nitrogens with two attached hydrogens (primary N) is 1. The van der Waals surface area contributed by atoms with Crippen molar-refractivity contribution < 1.29 is 14.4 Å². The Morgan fingerprint density at radius 3 is 2.65 bits per heavy atom. The number of hydrogen-bond donors (Lipinski definition) is 3. The molecule has 0 spiro atoms. The first-order valence-electron chi connectivity index (χ1n) is 6.09. The quantitative estimate of drug-likeness (QED) is 0.288. The largest absolute Gasteiger partial charge is 0.341 e. The van der Waals surface area contributed by atoms with Crippen molar-refractivity contribution in [2.75, 3.05) is 0 Å². The van der Waals surface area contributed by atoms with Gasteiger partial charge in [0.25, 0.3) is 5.91 Å². The normalized spacial score (nSPS) is 12.3. The van der Waals surface area contributed by atoms with Crippen molar-refractivity contribution in [3.63, 3.8) is 0 Å². The van der Waals surface area contributed by atoms with Crippen molar-refractivity contribution in [2.24, 2.45) is 11.3 Å². The second-order valence-corrected chi connectivity index (χ2v) is 4.99. The van der Waals surface area contributed by atoms with Crippen molar-refractivity contribution in [3.05, 3.63) is 30.1 Å². The number of amides is 2. The molecule has 0 saturated carbocycles. The molecule has 1 heterocycles. The van der Waals surface area contributed by atoms with Crippen LogP contribution in [0, 0.1) is 5.41 Å². The second-order valence-electron chi connectivity index (χ2n) is 4.99. The van der Waals surface area contributed by atoms with Gasteiger partial charge in [-0.1, -0.05) is 19.9 Å². The number of carbonyl (C=O) groups is 3. The number of nitrogens with zero attached hydrogens (tertiary/aromatic N) is 1. The van der Waals surface area contributed by atoms with Gasteiger partial charge in [0.2, 0.25) is 5.91 Å². The molecule has 1 aromatic heterocycles. The molecule has 0 fully saturated rings. The van der Waals surface area contributed by atoms with Gasteiger partial charge < -0.3 is 10.1 Å². The van der Waals surface area contributed by atoms with Gasteiger partial charge in [-0.15, -0.1) is 0 Å². The molecule has 0 aliphatic carbocycles. The van der Waals surface area contributed by atoms with E-state index in [9.17, 15) is 14.4 Å². The molecular weight excluding hydrogens is 260 g/mol. The van der Waals surface area contributed by atoms with Crippen molar-refractivity contribution >= 4 is 18.1 Å². The maximum Gasteiger partial charge on any atom is 0.270 e. The molecule has 1 atom stereocenters. The smallest absolute Gasteiger partial charge is 0.270 e. The SMILES string of the molecule is CC(C)(C[C@@H](C=O)NC(=O)c1ccccn1)C(=O)NN. The number of nitrogens with one attached hydrogen (secondary N) is 2. The summed E-state index contributed by atoms with van der Waals surface area (Å²) >= 11 is 0. The minimum absolute atomic E-state index is 0.137.